The zero-order chi connectivity index (χ0) is 27.9. The molecule has 2 nitrogen and oxygen atoms in total. The third-order valence-electron chi connectivity index (χ3n) is 0. The van der Waals surface area contributed by atoms with Gasteiger partial charge in [-0.25, -0.2) is 0 Å². The summed E-state index contributed by atoms with van der Waals surface area (Å²) in [6, 6.07) is 0. The molecule has 0 aromatic carbocycles. The van der Waals surface area contributed by atoms with E-state index in [0.29, 0.717) is 0 Å². The van der Waals surface area contributed by atoms with Gasteiger partial charge in [0.1, 0.15) is 6.29 Å². The van der Waals surface area contributed by atoms with Crippen LogP contribution in [0.3, 0.4) is 0 Å². The fraction of sp³-hybridized carbons (Fsp3) is 0.968. The van der Waals surface area contributed by atoms with Crippen LogP contribution >= 0.6 is 0 Å². The number of aldehydes is 1. The van der Waals surface area contributed by atoms with Crippen LogP contribution in [0.25, 0.3) is 0 Å². The van der Waals surface area contributed by atoms with E-state index in [2.05, 4.69) is 20.8 Å². The van der Waals surface area contributed by atoms with E-state index in [0.717, 1.165) is 12.2 Å². The minimum atomic E-state index is -0.167. The van der Waals surface area contributed by atoms with Crippen LogP contribution in [-0.2, 0) is 4.79 Å². The van der Waals surface area contributed by atoms with Crippen molar-refractivity contribution in [2.24, 2.45) is 5.92 Å². The summed E-state index contributed by atoms with van der Waals surface area (Å²) in [5.41, 5.74) is 0. The van der Waals surface area contributed by atoms with Crippen LogP contribution in [0.15, 0.2) is 0 Å². The predicted molar refractivity (Wildman–Crippen MR) is 202 cm³/mol. The van der Waals surface area contributed by atoms with E-state index in [1.807, 2.05) is 125 Å². The lowest BCUT2D eigenvalue weighted by Crippen LogP contribution is -1.85. The van der Waals surface area contributed by atoms with Crippen molar-refractivity contribution < 1.29 is 9.90 Å². The maximum atomic E-state index is 8.81. The molecule has 0 fully saturated rings. The smallest absolute Gasteiger partial charge is 0.116 e. The first-order valence-corrected chi connectivity index (χ1v) is 13.0. The van der Waals surface area contributed by atoms with Crippen LogP contribution in [0.1, 0.15) is 196 Å². The Labute approximate surface area is 257 Å². The van der Waals surface area contributed by atoms with E-state index in [9.17, 15) is 0 Å². The average Bonchev–Trinajstić information content (AvgIpc) is 2.80. The van der Waals surface area contributed by atoms with E-state index >= 15 is 0 Å². The van der Waals surface area contributed by atoms with Crippen molar-refractivity contribution in [2.45, 2.75) is 202 Å². The number of carbonyl (C=O) groups is 1. The van der Waals surface area contributed by atoms with Crippen molar-refractivity contribution in [1.82, 2.24) is 0 Å². The standard InChI is InChI=1S/C4H10.C3H8O.C2H4O.9C2H6.4CH4.4B/c1-4(2)3;1-3(2)4;1-2-3;9*1-2;;;;;;;;/h4H,1-3H3;3-4H,1-2H3;2H,1H3;9*1-2H3;4*1H4;;;;. The van der Waals surface area contributed by atoms with Gasteiger partial charge in [0.15, 0.2) is 0 Å². The number of hydrogen-bond donors (Lipinski definition) is 1. The normalized spacial score (nSPS) is 3.76. The van der Waals surface area contributed by atoms with Crippen LogP contribution in [0.5, 0.6) is 0 Å². The number of hydrogen-bond acceptors (Lipinski definition) is 2. The summed E-state index contributed by atoms with van der Waals surface area (Å²) >= 11 is 0. The van der Waals surface area contributed by atoms with E-state index in [4.69, 9.17) is 9.90 Å². The first-order valence-electron chi connectivity index (χ1n) is 13.0. The van der Waals surface area contributed by atoms with Gasteiger partial charge in [0.2, 0.25) is 0 Å². The lowest BCUT2D eigenvalue weighted by atomic mass is 10.3. The number of aliphatic hydroxyl groups excluding tert-OH is 1. The van der Waals surface area contributed by atoms with Crippen molar-refractivity contribution in [3.8, 4) is 0 Å². The van der Waals surface area contributed by atoms with Crippen LogP contribution < -0.4 is 0 Å². The molecule has 0 aliphatic rings. The second kappa shape index (κ2) is 920. The Morgan fingerprint density at radius 3 is 0.405 bits per heavy atom. The van der Waals surface area contributed by atoms with Crippen LogP contribution in [0.4, 0.5) is 0 Å². The Kier molecular flexibility index (Phi) is 4140. The first kappa shape index (κ1) is 167. The molecule has 240 valence electrons. The van der Waals surface area contributed by atoms with Gasteiger partial charge in [-0.15, -0.1) is 0 Å². The molecular formula is C31H92B4O2. The monoisotopic (exact) mass is 541 g/mol. The topological polar surface area (TPSA) is 37.3 Å². The molecule has 12 radical (unpaired) electrons. The second-order valence-electron chi connectivity index (χ2n) is 3.06. The SMILES string of the molecule is C.C.C.C.CC.CC.CC.CC.CC.CC.CC.CC.CC.CC(C)C.CC(C)O.CC=O.[B].[B].[B].[B]. The molecule has 0 aliphatic carbocycles. The van der Waals surface area contributed by atoms with E-state index in [1.54, 1.807) is 13.8 Å². The minimum Gasteiger partial charge on any atom is -0.394 e. The van der Waals surface area contributed by atoms with Gasteiger partial charge in [0.05, 0.1) is 0 Å². The zero-order valence-electron chi connectivity index (χ0n) is 28.9. The molecule has 0 bridgehead atoms. The van der Waals surface area contributed by atoms with Gasteiger partial charge in [-0.05, 0) is 26.7 Å². The maximum absolute atomic E-state index is 8.81. The summed E-state index contributed by atoms with van der Waals surface area (Å²) < 4.78 is 0. The minimum absolute atomic E-state index is 0. The molecule has 0 heterocycles. The highest BCUT2D eigenvalue weighted by molar-refractivity contribution is 5.76. The largest absolute Gasteiger partial charge is 0.394 e. The molecule has 0 amide bonds. The summed E-state index contributed by atoms with van der Waals surface area (Å²) in [5.74, 6) is 0.833. The van der Waals surface area contributed by atoms with Crippen LogP contribution in [0.2, 0.25) is 0 Å². The van der Waals surface area contributed by atoms with Crippen molar-refractivity contribution >= 4 is 39.9 Å². The highest BCUT2D eigenvalue weighted by Gasteiger charge is 1.69. The Hall–Kier alpha value is -0.110. The number of aliphatic hydroxyl groups is 1. The van der Waals surface area contributed by atoms with Gasteiger partial charge < -0.3 is 9.90 Å². The van der Waals surface area contributed by atoms with Crippen LogP contribution in [-0.4, -0.2) is 51.1 Å². The zero-order valence-corrected chi connectivity index (χ0v) is 28.9. The van der Waals surface area contributed by atoms with Gasteiger partial charge >= 0.3 is 0 Å². The van der Waals surface area contributed by atoms with Crippen molar-refractivity contribution in [2.75, 3.05) is 0 Å². The summed E-state index contributed by atoms with van der Waals surface area (Å²) in [7, 11) is 0. The Morgan fingerprint density at radius 2 is 0.405 bits per heavy atom. The Morgan fingerprint density at radius 1 is 0.405 bits per heavy atom. The first-order chi connectivity index (χ1) is 13.9. The fourth-order valence-electron chi connectivity index (χ4n) is 0. The molecule has 0 aliphatic heterocycles. The predicted octanol–water partition coefficient (Wildman–Crippen LogP) is 12.5. The van der Waals surface area contributed by atoms with Crippen molar-refractivity contribution in [1.29, 1.82) is 0 Å². The van der Waals surface area contributed by atoms with Crippen LogP contribution in [0, 0.1) is 5.92 Å². The molecule has 6 heteroatoms. The molecule has 37 heavy (non-hydrogen) atoms. The highest BCUT2D eigenvalue weighted by Crippen LogP contribution is 1.81. The van der Waals surface area contributed by atoms with Gasteiger partial charge in [-0.2, -0.15) is 0 Å². The molecule has 0 aromatic heterocycles. The molecule has 0 saturated carbocycles. The third kappa shape index (κ3) is 3390000. The summed E-state index contributed by atoms with van der Waals surface area (Å²) in [4.78, 5) is 8.81. The van der Waals surface area contributed by atoms with Gasteiger partial charge in [-0.1, -0.05) is 175 Å². The number of rotatable bonds is 0. The molecule has 0 unspecified atom stereocenters. The molecule has 0 rings (SSSR count). The molecular weight excluding hydrogens is 448 g/mol. The van der Waals surface area contributed by atoms with Gasteiger partial charge in [-0.3, -0.25) is 0 Å². The Bertz CT molecular complexity index is 68.7. The van der Waals surface area contributed by atoms with E-state index in [-0.39, 0.29) is 69.5 Å². The van der Waals surface area contributed by atoms with Crippen molar-refractivity contribution in [3.05, 3.63) is 0 Å². The third-order valence-corrected chi connectivity index (χ3v) is 0. The fourth-order valence-corrected chi connectivity index (χ4v) is 0. The second-order valence-corrected chi connectivity index (χ2v) is 3.06. The van der Waals surface area contributed by atoms with E-state index < -0.39 is 0 Å². The van der Waals surface area contributed by atoms with Crippen molar-refractivity contribution in [3.63, 3.8) is 0 Å². The summed E-state index contributed by atoms with van der Waals surface area (Å²) in [6.07, 6.45) is 0.583. The summed E-state index contributed by atoms with van der Waals surface area (Å²) in [5, 5.41) is 8.06. The lowest BCUT2D eigenvalue weighted by Gasteiger charge is -1.80. The molecule has 0 spiro atoms. The van der Waals surface area contributed by atoms with Gasteiger partial charge in [0.25, 0.3) is 0 Å². The quantitative estimate of drug-likeness (QED) is 0.245. The molecule has 0 saturated heterocycles. The Balaban J connectivity index is -0.00000000470. The molecule has 0 aromatic rings. The molecule has 1 N–H and O–H groups in total. The van der Waals surface area contributed by atoms with Gasteiger partial charge in [0, 0.05) is 39.8 Å². The highest BCUT2D eigenvalue weighted by atomic mass is 16.3. The molecule has 0 atom stereocenters. The average molecular weight is 540 g/mol. The summed E-state index contributed by atoms with van der Waals surface area (Å²) in [6.45, 7) is 47.4. The number of carbonyl (C=O) groups excluding carboxylic acids is 1. The maximum Gasteiger partial charge on any atom is 0.116 e. The van der Waals surface area contributed by atoms with E-state index in [1.165, 1.54) is 6.92 Å². The lowest BCUT2D eigenvalue weighted by molar-refractivity contribution is -0.106.